The van der Waals surface area contributed by atoms with Crippen molar-refractivity contribution in [2.45, 2.75) is 38.3 Å². The van der Waals surface area contributed by atoms with Crippen LogP contribution >= 0.6 is 0 Å². The van der Waals surface area contributed by atoms with Crippen molar-refractivity contribution in [2.75, 3.05) is 13.2 Å². The zero-order chi connectivity index (χ0) is 17.5. The smallest absolute Gasteiger partial charge is 0.341 e. The molecule has 0 aliphatic carbocycles. The summed E-state index contributed by atoms with van der Waals surface area (Å²) in [6, 6.07) is 6.10. The molecule has 5 nitrogen and oxygen atoms in total. The molecule has 1 atom stereocenters. The number of ether oxygens (including phenoxy) is 2. The highest BCUT2D eigenvalue weighted by Gasteiger charge is 2.17. The average molecular weight is 338 g/mol. The lowest BCUT2D eigenvalue weighted by Gasteiger charge is -2.15. The topological polar surface area (TPSA) is 85.3 Å². The number of nitrogens with two attached hydrogens (primary N) is 1. The minimum atomic E-state index is -1.31. The van der Waals surface area contributed by atoms with Gasteiger partial charge in [-0.25, -0.2) is 9.18 Å². The number of benzene rings is 1. The number of halogens is 1. The highest BCUT2D eigenvalue weighted by Crippen LogP contribution is 2.14. The Balaban J connectivity index is 2.62. The Labute approximate surface area is 137 Å². The normalized spacial score (nSPS) is 12.5. The van der Waals surface area contributed by atoms with Crippen molar-refractivity contribution in [1.29, 1.82) is 5.26 Å². The fourth-order valence-electron chi connectivity index (χ4n) is 1.69. The van der Waals surface area contributed by atoms with Crippen LogP contribution in [0.4, 0.5) is 4.39 Å². The lowest BCUT2D eigenvalue weighted by atomic mass is 10.1. The highest BCUT2D eigenvalue weighted by atomic mass is 28.3. The van der Waals surface area contributed by atoms with Crippen LogP contribution in [0.2, 0.25) is 25.7 Å². The molecule has 0 amide bonds. The lowest BCUT2D eigenvalue weighted by molar-refractivity contribution is 0.0519. The highest BCUT2D eigenvalue weighted by molar-refractivity contribution is 6.76. The van der Waals surface area contributed by atoms with Crippen LogP contribution in [-0.2, 0) is 16.1 Å². The quantitative estimate of drug-likeness (QED) is 0.582. The van der Waals surface area contributed by atoms with Crippen molar-refractivity contribution < 1.29 is 18.7 Å². The van der Waals surface area contributed by atoms with Gasteiger partial charge in [-0.3, -0.25) is 0 Å². The van der Waals surface area contributed by atoms with Gasteiger partial charge in [-0.1, -0.05) is 25.7 Å². The van der Waals surface area contributed by atoms with Crippen molar-refractivity contribution in [1.82, 2.24) is 0 Å². The third kappa shape index (κ3) is 7.37. The molecule has 7 heteroatoms. The van der Waals surface area contributed by atoms with Crippen molar-refractivity contribution >= 4 is 14.0 Å². The Morgan fingerprint density at radius 1 is 1.43 bits per heavy atom. The lowest BCUT2D eigenvalue weighted by Crippen LogP contribution is -2.24. The molecule has 1 aromatic rings. The molecule has 2 N–H and O–H groups in total. The minimum absolute atomic E-state index is 0.0733. The van der Waals surface area contributed by atoms with Crippen LogP contribution in [0.5, 0.6) is 0 Å². The van der Waals surface area contributed by atoms with E-state index in [1.54, 1.807) is 0 Å². The molecular weight excluding hydrogens is 315 g/mol. The first kappa shape index (κ1) is 19.3. The van der Waals surface area contributed by atoms with Crippen LogP contribution in [-0.4, -0.2) is 33.3 Å². The monoisotopic (exact) mass is 338 g/mol. The fraction of sp³-hybridized carbons (Fsp3) is 0.500. The van der Waals surface area contributed by atoms with Gasteiger partial charge in [0, 0.05) is 8.07 Å². The summed E-state index contributed by atoms with van der Waals surface area (Å²) < 4.78 is 24.2. The van der Waals surface area contributed by atoms with Crippen LogP contribution in [0.25, 0.3) is 0 Å². The molecule has 1 rings (SSSR count). The van der Waals surface area contributed by atoms with Gasteiger partial charge in [-0.2, -0.15) is 5.26 Å². The zero-order valence-corrected chi connectivity index (χ0v) is 14.8. The molecule has 0 fully saturated rings. The summed E-state index contributed by atoms with van der Waals surface area (Å²) in [6.45, 7) is 7.03. The number of esters is 1. The predicted molar refractivity (Wildman–Crippen MR) is 88.1 cm³/mol. The maximum absolute atomic E-state index is 13.8. The van der Waals surface area contributed by atoms with Gasteiger partial charge in [0.1, 0.15) is 11.9 Å². The first-order valence-corrected chi connectivity index (χ1v) is 11.1. The Bertz CT molecular complexity index is 582. The van der Waals surface area contributed by atoms with E-state index in [-0.39, 0.29) is 18.8 Å². The summed E-state index contributed by atoms with van der Waals surface area (Å²) in [5.74, 6) is -1.29. The van der Waals surface area contributed by atoms with Crippen LogP contribution in [0, 0.1) is 17.1 Å². The van der Waals surface area contributed by atoms with E-state index in [0.29, 0.717) is 12.2 Å². The summed E-state index contributed by atoms with van der Waals surface area (Å²) in [5.41, 5.74) is 5.93. The molecule has 0 radical (unpaired) electrons. The first-order valence-electron chi connectivity index (χ1n) is 7.41. The molecule has 126 valence electrons. The molecule has 23 heavy (non-hydrogen) atoms. The first-order chi connectivity index (χ1) is 10.7. The predicted octanol–water partition coefficient (Wildman–Crippen LogP) is 2.69. The Morgan fingerprint density at radius 3 is 2.74 bits per heavy atom. The second-order valence-corrected chi connectivity index (χ2v) is 12.1. The van der Waals surface area contributed by atoms with Crippen LogP contribution in [0.1, 0.15) is 15.9 Å². The molecule has 0 bridgehead atoms. The number of hydrogen-bond acceptors (Lipinski definition) is 5. The van der Waals surface area contributed by atoms with Gasteiger partial charge in [-0.05, 0) is 23.7 Å². The minimum Gasteiger partial charge on any atom is -0.462 e. The van der Waals surface area contributed by atoms with Gasteiger partial charge in [0.05, 0.1) is 31.5 Å². The number of nitriles is 1. The number of rotatable bonds is 8. The van der Waals surface area contributed by atoms with Crippen molar-refractivity contribution in [3.05, 3.63) is 35.1 Å². The molecule has 0 saturated heterocycles. The van der Waals surface area contributed by atoms with Crippen LogP contribution < -0.4 is 5.73 Å². The maximum Gasteiger partial charge on any atom is 0.341 e. The van der Waals surface area contributed by atoms with Gasteiger partial charge in [0.15, 0.2) is 0 Å². The fourth-order valence-corrected chi connectivity index (χ4v) is 2.40. The summed E-state index contributed by atoms with van der Waals surface area (Å²) >= 11 is 0. The van der Waals surface area contributed by atoms with Gasteiger partial charge < -0.3 is 15.2 Å². The standard InChI is InChI=1S/C16H23FN2O3Si/c1-23(2,3)7-6-22-16(20)14-8-12(4-5-15(14)17)10-21-11-13(19)9-18/h4-5,8,13H,6-7,10-11,19H2,1-3H3/t13-/m1/s1. The number of carbonyl (C=O) groups excluding carboxylic acids is 1. The zero-order valence-electron chi connectivity index (χ0n) is 13.8. The third-order valence-electron chi connectivity index (χ3n) is 3.07. The number of hydrogen-bond donors (Lipinski definition) is 1. The second-order valence-electron chi connectivity index (χ2n) is 6.51. The van der Waals surface area contributed by atoms with Gasteiger partial charge in [0.2, 0.25) is 0 Å². The molecular formula is C16H23FN2O3Si. The SMILES string of the molecule is C[Si](C)(C)CCOC(=O)c1cc(COC[C@H](N)C#N)ccc1F. The van der Waals surface area contributed by atoms with Gasteiger partial charge >= 0.3 is 5.97 Å². The van der Waals surface area contributed by atoms with E-state index >= 15 is 0 Å². The average Bonchev–Trinajstić information content (AvgIpc) is 2.47. The molecule has 0 unspecified atom stereocenters. The van der Waals surface area contributed by atoms with Crippen molar-refractivity contribution in [2.24, 2.45) is 5.73 Å². The maximum atomic E-state index is 13.8. The summed E-state index contributed by atoms with van der Waals surface area (Å²) in [7, 11) is -1.31. The van der Waals surface area contributed by atoms with Crippen LogP contribution in [0.3, 0.4) is 0 Å². The summed E-state index contributed by atoms with van der Waals surface area (Å²) in [5, 5.41) is 8.56. The van der Waals surface area contributed by atoms with E-state index < -0.39 is 25.9 Å². The largest absolute Gasteiger partial charge is 0.462 e. The molecule has 0 heterocycles. The van der Waals surface area contributed by atoms with E-state index in [4.69, 9.17) is 20.5 Å². The van der Waals surface area contributed by atoms with Crippen molar-refractivity contribution in [3.8, 4) is 6.07 Å². The Kier molecular flexibility index (Phi) is 7.36. The van der Waals surface area contributed by atoms with Crippen molar-refractivity contribution in [3.63, 3.8) is 0 Å². The Morgan fingerprint density at radius 2 is 2.13 bits per heavy atom. The van der Waals surface area contributed by atoms with E-state index in [0.717, 1.165) is 6.04 Å². The second kappa shape index (κ2) is 8.77. The number of carbonyl (C=O) groups is 1. The van der Waals surface area contributed by atoms with Gasteiger partial charge in [-0.15, -0.1) is 0 Å². The summed E-state index contributed by atoms with van der Waals surface area (Å²) in [4.78, 5) is 12.0. The molecule has 0 aliphatic rings. The molecule has 0 aliphatic heterocycles. The molecule has 0 spiro atoms. The summed E-state index contributed by atoms with van der Waals surface area (Å²) in [6.07, 6.45) is 0. The van der Waals surface area contributed by atoms with E-state index in [9.17, 15) is 9.18 Å². The third-order valence-corrected chi connectivity index (χ3v) is 4.77. The number of nitrogens with zero attached hydrogens (tertiary/aromatic N) is 1. The van der Waals surface area contributed by atoms with E-state index in [1.807, 2.05) is 6.07 Å². The Hall–Kier alpha value is -1.75. The molecule has 0 saturated carbocycles. The van der Waals surface area contributed by atoms with E-state index in [1.165, 1.54) is 18.2 Å². The van der Waals surface area contributed by atoms with Crippen LogP contribution in [0.15, 0.2) is 18.2 Å². The molecule has 0 aromatic heterocycles. The van der Waals surface area contributed by atoms with Gasteiger partial charge in [0.25, 0.3) is 0 Å². The van der Waals surface area contributed by atoms with E-state index in [2.05, 4.69) is 19.6 Å². The molecule has 1 aromatic carbocycles.